The first-order valence-electron chi connectivity index (χ1n) is 11.5. The Hall–Kier alpha value is -3.12. The first kappa shape index (κ1) is 23.5. The second-order valence-electron chi connectivity index (χ2n) is 8.20. The number of H-pyrrole nitrogens is 1. The van der Waals surface area contributed by atoms with Gasteiger partial charge in [0, 0.05) is 47.2 Å². The molecule has 3 N–H and O–H groups in total. The van der Waals surface area contributed by atoms with Gasteiger partial charge in [0.25, 0.3) is 5.91 Å². The topological polar surface area (TPSA) is 77.2 Å². The molecule has 32 heavy (non-hydrogen) atoms. The summed E-state index contributed by atoms with van der Waals surface area (Å²) in [6, 6.07) is 13.2. The van der Waals surface area contributed by atoms with Gasteiger partial charge >= 0.3 is 0 Å². The molecule has 0 atom stereocenters. The molecule has 0 radical (unpaired) electrons. The Kier molecular flexibility index (Phi) is 8.45. The number of benzene rings is 2. The number of carbonyl (C=O) groups excluding carboxylic acids is 1. The maximum Gasteiger partial charge on any atom is 0.255 e. The van der Waals surface area contributed by atoms with Crippen LogP contribution >= 0.6 is 0 Å². The maximum atomic E-state index is 12.7. The smallest absolute Gasteiger partial charge is 0.255 e. The number of carbonyl (C=O) groups is 1. The van der Waals surface area contributed by atoms with Crippen molar-refractivity contribution in [3.63, 3.8) is 0 Å². The minimum absolute atomic E-state index is 0.0525. The molecule has 1 amide bonds. The van der Waals surface area contributed by atoms with Crippen LogP contribution in [0.1, 0.15) is 48.5 Å². The van der Waals surface area contributed by atoms with Crippen LogP contribution < -0.4 is 21.0 Å². The number of aromatic nitrogens is 1. The largest absolute Gasteiger partial charge is 0.372 e. The Morgan fingerprint density at radius 2 is 1.75 bits per heavy atom. The molecule has 0 saturated carbocycles. The van der Waals surface area contributed by atoms with Crippen molar-refractivity contribution in [2.24, 2.45) is 0 Å². The highest BCUT2D eigenvalue weighted by Crippen LogP contribution is 2.22. The van der Waals surface area contributed by atoms with Gasteiger partial charge in [-0.3, -0.25) is 9.59 Å². The molecule has 0 aliphatic carbocycles. The van der Waals surface area contributed by atoms with Crippen LogP contribution in [0.4, 0.5) is 11.4 Å². The molecule has 1 aromatic heterocycles. The van der Waals surface area contributed by atoms with Gasteiger partial charge < -0.3 is 20.5 Å². The van der Waals surface area contributed by atoms with Crippen LogP contribution in [0.25, 0.3) is 10.9 Å². The van der Waals surface area contributed by atoms with Crippen LogP contribution in [0.15, 0.2) is 53.5 Å². The van der Waals surface area contributed by atoms with E-state index in [2.05, 4.69) is 39.6 Å². The third kappa shape index (κ3) is 5.77. The summed E-state index contributed by atoms with van der Waals surface area (Å²) in [5.74, 6) is -0.184. The number of nitrogens with zero attached hydrogens (tertiary/aromatic N) is 1. The summed E-state index contributed by atoms with van der Waals surface area (Å²) in [6.45, 7) is 4.31. The summed E-state index contributed by atoms with van der Waals surface area (Å²) < 4.78 is 0. The Labute approximate surface area is 190 Å². The second kappa shape index (κ2) is 11.5. The quantitative estimate of drug-likeness (QED) is 0.532. The maximum absolute atomic E-state index is 12.7. The van der Waals surface area contributed by atoms with Crippen molar-refractivity contribution in [3.05, 3.63) is 70.0 Å². The molecule has 1 aliphatic rings. The molecule has 1 fully saturated rings. The van der Waals surface area contributed by atoms with Crippen molar-refractivity contribution in [1.29, 1.82) is 0 Å². The fourth-order valence-electron chi connectivity index (χ4n) is 3.89. The number of unbranched alkanes of at least 4 members (excludes halogenated alkanes) is 1. The second-order valence-corrected chi connectivity index (χ2v) is 8.20. The summed E-state index contributed by atoms with van der Waals surface area (Å²) in [4.78, 5) is 30.8. The minimum Gasteiger partial charge on any atom is -0.372 e. The SMILES string of the molecule is CCCCc1c[nH]c2cc(C(=O)Nc3ccc(N4CCCC4)cc3)ccc2c1=O.CNC. The van der Waals surface area contributed by atoms with Crippen molar-refractivity contribution in [3.8, 4) is 0 Å². The summed E-state index contributed by atoms with van der Waals surface area (Å²) in [6.07, 6.45) is 7.07. The van der Waals surface area contributed by atoms with E-state index in [4.69, 9.17) is 0 Å². The molecule has 0 spiro atoms. The molecule has 6 nitrogen and oxygen atoms in total. The summed E-state index contributed by atoms with van der Waals surface area (Å²) in [5, 5.41) is 6.32. The number of amides is 1. The van der Waals surface area contributed by atoms with Crippen molar-refractivity contribution in [2.75, 3.05) is 37.4 Å². The van der Waals surface area contributed by atoms with Crippen molar-refractivity contribution in [2.45, 2.75) is 39.0 Å². The van der Waals surface area contributed by atoms with Gasteiger partial charge in [-0.05, 0) is 82.2 Å². The number of nitrogens with one attached hydrogen (secondary N) is 3. The molecule has 1 saturated heterocycles. The number of hydrogen-bond donors (Lipinski definition) is 3. The van der Waals surface area contributed by atoms with Crippen LogP contribution in [0.5, 0.6) is 0 Å². The van der Waals surface area contributed by atoms with Crippen LogP contribution in [0.3, 0.4) is 0 Å². The predicted octanol–water partition coefficient (Wildman–Crippen LogP) is 4.56. The van der Waals surface area contributed by atoms with E-state index in [1.54, 1.807) is 24.4 Å². The van der Waals surface area contributed by atoms with Crippen molar-refractivity contribution >= 4 is 28.2 Å². The van der Waals surface area contributed by atoms with Crippen molar-refractivity contribution < 1.29 is 4.79 Å². The fraction of sp³-hybridized carbons (Fsp3) is 0.385. The van der Waals surface area contributed by atoms with Crippen molar-refractivity contribution in [1.82, 2.24) is 10.3 Å². The number of rotatable bonds is 6. The number of aromatic amines is 1. The van der Waals surface area contributed by atoms with Gasteiger partial charge in [-0.25, -0.2) is 0 Å². The van der Waals surface area contributed by atoms with Crippen LogP contribution in [-0.2, 0) is 6.42 Å². The molecular formula is C26H34N4O2. The van der Waals surface area contributed by atoms with E-state index < -0.39 is 0 Å². The van der Waals surface area contributed by atoms with E-state index in [0.29, 0.717) is 16.5 Å². The Morgan fingerprint density at radius 3 is 2.41 bits per heavy atom. The van der Waals surface area contributed by atoms with Gasteiger partial charge in [-0.15, -0.1) is 0 Å². The summed E-state index contributed by atoms with van der Waals surface area (Å²) in [5.41, 5.74) is 4.03. The summed E-state index contributed by atoms with van der Waals surface area (Å²) >= 11 is 0. The minimum atomic E-state index is -0.184. The number of hydrogen-bond acceptors (Lipinski definition) is 4. The lowest BCUT2D eigenvalue weighted by molar-refractivity contribution is 0.102. The van der Waals surface area contributed by atoms with E-state index >= 15 is 0 Å². The lowest BCUT2D eigenvalue weighted by Gasteiger charge is -2.17. The average molecular weight is 435 g/mol. The molecule has 2 heterocycles. The van der Waals surface area contributed by atoms with E-state index in [0.717, 1.165) is 43.6 Å². The van der Waals surface area contributed by atoms with Crippen LogP contribution in [-0.4, -0.2) is 38.1 Å². The number of pyridine rings is 1. The van der Waals surface area contributed by atoms with E-state index in [1.165, 1.54) is 18.5 Å². The fourth-order valence-corrected chi connectivity index (χ4v) is 3.89. The van der Waals surface area contributed by atoms with E-state index in [9.17, 15) is 9.59 Å². The third-order valence-corrected chi connectivity index (χ3v) is 5.62. The highest BCUT2D eigenvalue weighted by Gasteiger charge is 2.13. The van der Waals surface area contributed by atoms with Gasteiger partial charge in [0.2, 0.25) is 0 Å². The Balaban J connectivity index is 0.000000913. The standard InChI is InChI=1S/C24H27N3O2.C2H7N/c1-2-3-6-18-16-25-22-15-17(7-12-21(22)23(18)28)24(29)26-19-8-10-20(11-9-19)27-13-4-5-14-27;1-3-2/h7-12,15-16H,2-6,13-14H2,1H3,(H,25,28)(H,26,29);3H,1-2H3. The van der Waals surface area contributed by atoms with Gasteiger partial charge in [-0.1, -0.05) is 13.3 Å². The zero-order chi connectivity index (χ0) is 22.9. The highest BCUT2D eigenvalue weighted by molar-refractivity contribution is 6.06. The van der Waals surface area contributed by atoms with Crippen LogP contribution in [0, 0.1) is 0 Å². The zero-order valence-electron chi connectivity index (χ0n) is 19.3. The molecule has 4 rings (SSSR count). The van der Waals surface area contributed by atoms with E-state index in [-0.39, 0.29) is 11.3 Å². The first-order valence-corrected chi connectivity index (χ1v) is 11.5. The molecule has 170 valence electrons. The third-order valence-electron chi connectivity index (χ3n) is 5.62. The van der Waals surface area contributed by atoms with E-state index in [1.807, 2.05) is 26.2 Å². The Morgan fingerprint density at radius 1 is 1.06 bits per heavy atom. The lowest BCUT2D eigenvalue weighted by Crippen LogP contribution is -2.17. The monoisotopic (exact) mass is 434 g/mol. The molecule has 0 bridgehead atoms. The highest BCUT2D eigenvalue weighted by atomic mass is 16.1. The number of aryl methyl sites for hydroxylation is 1. The van der Waals surface area contributed by atoms with Gasteiger partial charge in [0.05, 0.1) is 5.52 Å². The molecule has 3 aromatic rings. The van der Waals surface area contributed by atoms with Gasteiger partial charge in [0.1, 0.15) is 0 Å². The lowest BCUT2D eigenvalue weighted by atomic mass is 10.1. The molecule has 0 unspecified atom stereocenters. The predicted molar refractivity (Wildman–Crippen MR) is 134 cm³/mol. The number of fused-ring (bicyclic) bond motifs is 1. The molecule has 2 aromatic carbocycles. The van der Waals surface area contributed by atoms with Gasteiger partial charge in [-0.2, -0.15) is 0 Å². The average Bonchev–Trinajstić information content (AvgIpc) is 3.34. The first-order chi connectivity index (χ1) is 15.6. The Bertz CT molecular complexity index is 1080. The summed E-state index contributed by atoms with van der Waals surface area (Å²) in [7, 11) is 3.75. The molecular weight excluding hydrogens is 400 g/mol. The zero-order valence-corrected chi connectivity index (χ0v) is 19.3. The van der Waals surface area contributed by atoms with Gasteiger partial charge in [0.15, 0.2) is 5.43 Å². The normalized spacial score (nSPS) is 13.0. The molecule has 1 aliphatic heterocycles. The number of anilines is 2. The molecule has 6 heteroatoms. The van der Waals surface area contributed by atoms with Crippen LogP contribution in [0.2, 0.25) is 0 Å².